The van der Waals surface area contributed by atoms with Crippen molar-refractivity contribution in [2.45, 2.75) is 13.0 Å². The van der Waals surface area contributed by atoms with Crippen LogP contribution in [0.15, 0.2) is 66.7 Å². The molecule has 1 fully saturated rings. The number of fused-ring (bicyclic) bond motifs is 1. The number of likely N-dealkylation sites (tertiary alicyclic amines) is 1. The highest BCUT2D eigenvalue weighted by Gasteiger charge is 2.30. The van der Waals surface area contributed by atoms with Crippen molar-refractivity contribution < 1.29 is 19.0 Å². The number of hydrogen-bond acceptors (Lipinski definition) is 4. The molecule has 2 aliphatic heterocycles. The molecule has 1 atom stereocenters. The number of ether oxygens (including phenoxy) is 2. The third-order valence-electron chi connectivity index (χ3n) is 6.55. The first-order chi connectivity index (χ1) is 16.5. The van der Waals surface area contributed by atoms with Crippen molar-refractivity contribution >= 4 is 22.7 Å². The fraction of sp³-hybridized carbons (Fsp3) is 0.286. The van der Waals surface area contributed by atoms with Gasteiger partial charge in [-0.1, -0.05) is 35.9 Å². The number of hydrogen-bond donors (Lipinski definition) is 1. The molecule has 3 aromatic rings. The topological polar surface area (TPSA) is 41.9 Å². The van der Waals surface area contributed by atoms with E-state index in [1.807, 2.05) is 54.6 Å². The van der Waals surface area contributed by atoms with Crippen molar-refractivity contribution in [1.29, 1.82) is 0 Å². The minimum absolute atomic E-state index is 0.170. The average molecular weight is 480 g/mol. The number of halogens is 2. The van der Waals surface area contributed by atoms with Gasteiger partial charge in [0.05, 0.1) is 6.67 Å². The van der Waals surface area contributed by atoms with Gasteiger partial charge in [0.1, 0.15) is 30.0 Å². The van der Waals surface area contributed by atoms with Crippen LogP contribution in [0.4, 0.5) is 4.39 Å². The van der Waals surface area contributed by atoms with Crippen molar-refractivity contribution in [3.63, 3.8) is 0 Å². The van der Waals surface area contributed by atoms with E-state index < -0.39 is 0 Å². The minimum Gasteiger partial charge on any atom is -0.508 e. The van der Waals surface area contributed by atoms with Gasteiger partial charge in [0.25, 0.3) is 0 Å². The third-order valence-corrected chi connectivity index (χ3v) is 6.80. The van der Waals surface area contributed by atoms with Crippen molar-refractivity contribution in [3.05, 3.63) is 88.4 Å². The highest BCUT2D eigenvalue weighted by Crippen LogP contribution is 2.47. The van der Waals surface area contributed by atoms with Crippen LogP contribution in [0.25, 0.3) is 11.1 Å². The van der Waals surface area contributed by atoms with E-state index in [1.54, 1.807) is 12.1 Å². The highest BCUT2D eigenvalue weighted by molar-refractivity contribution is 6.30. The molecule has 2 heterocycles. The smallest absolute Gasteiger partial charge is 0.150 e. The molecule has 0 saturated carbocycles. The molecule has 0 amide bonds. The lowest BCUT2D eigenvalue weighted by atomic mass is 9.86. The van der Waals surface area contributed by atoms with E-state index in [0.29, 0.717) is 17.4 Å². The van der Waals surface area contributed by atoms with Gasteiger partial charge in [0.15, 0.2) is 0 Å². The molecule has 4 nitrogen and oxygen atoms in total. The van der Waals surface area contributed by atoms with Gasteiger partial charge < -0.3 is 14.6 Å². The Morgan fingerprint density at radius 3 is 2.50 bits per heavy atom. The zero-order valence-electron chi connectivity index (χ0n) is 19.0. The average Bonchev–Trinajstić information content (AvgIpc) is 2.81. The second kappa shape index (κ2) is 9.69. The maximum Gasteiger partial charge on any atom is 0.150 e. The van der Waals surface area contributed by atoms with Crippen LogP contribution < -0.4 is 9.47 Å². The van der Waals surface area contributed by atoms with Gasteiger partial charge in [-0.3, -0.25) is 9.29 Å². The van der Waals surface area contributed by atoms with Crippen LogP contribution in [0.3, 0.4) is 0 Å². The largest absolute Gasteiger partial charge is 0.508 e. The number of phenolic OH excluding ortho intramolecular Hbond substituents is 1. The fourth-order valence-electron chi connectivity index (χ4n) is 4.67. The lowest BCUT2D eigenvalue weighted by Crippen LogP contribution is -2.49. The van der Waals surface area contributed by atoms with Gasteiger partial charge in [-0.25, -0.2) is 0 Å². The normalized spacial score (nSPS) is 18.3. The van der Waals surface area contributed by atoms with Crippen LogP contribution in [-0.2, 0) is 0 Å². The summed E-state index contributed by atoms with van der Waals surface area (Å²) < 4.78 is 24.9. The van der Waals surface area contributed by atoms with Gasteiger partial charge >= 0.3 is 0 Å². The summed E-state index contributed by atoms with van der Waals surface area (Å²) in [6.07, 6.45) is -0.344. The van der Waals surface area contributed by atoms with E-state index in [1.165, 1.54) is 0 Å². The first kappa shape index (κ1) is 22.8. The van der Waals surface area contributed by atoms with E-state index in [-0.39, 0.29) is 24.4 Å². The number of aromatic hydroxyl groups is 1. The lowest BCUT2D eigenvalue weighted by molar-refractivity contribution is 0.0668. The van der Waals surface area contributed by atoms with Gasteiger partial charge in [0.2, 0.25) is 0 Å². The molecule has 3 aromatic carbocycles. The molecule has 2 aliphatic rings. The van der Waals surface area contributed by atoms with E-state index in [2.05, 4.69) is 11.8 Å². The van der Waals surface area contributed by atoms with Gasteiger partial charge in [-0.15, -0.1) is 0 Å². The van der Waals surface area contributed by atoms with E-state index in [4.69, 9.17) is 21.1 Å². The molecule has 176 valence electrons. The Bertz CT molecular complexity index is 1190. The summed E-state index contributed by atoms with van der Waals surface area (Å²) in [4.78, 5) is 2.20. The standard InChI is InChI=1S/C28H27ClFNO3/c1-18-25-11-8-23(32)14-26(25)34-28(27(18)20-2-6-22(29)7-3-20)21-4-9-24(10-5-21)33-13-12-31-16-19(15-30)17-31/h2-11,14,19,28,32H,12-13,15-17H2,1H3/t28-/m1/s1. The Balaban J connectivity index is 1.37. The van der Waals surface area contributed by atoms with Crippen molar-refractivity contribution in [2.75, 3.05) is 32.9 Å². The Labute approximate surface area is 204 Å². The molecule has 1 N–H and O–H groups in total. The van der Waals surface area contributed by atoms with Crippen molar-refractivity contribution in [1.82, 2.24) is 4.90 Å². The number of alkyl halides is 1. The quantitative estimate of drug-likeness (QED) is 0.426. The first-order valence-corrected chi connectivity index (χ1v) is 11.9. The number of phenols is 1. The van der Waals surface area contributed by atoms with E-state index in [9.17, 15) is 9.50 Å². The number of allylic oxidation sites excluding steroid dienone is 1. The van der Waals surface area contributed by atoms with Crippen molar-refractivity contribution in [2.24, 2.45) is 5.92 Å². The van der Waals surface area contributed by atoms with E-state index >= 15 is 0 Å². The molecule has 0 aromatic heterocycles. The molecular weight excluding hydrogens is 453 g/mol. The SMILES string of the molecule is CC1=C(c2ccc(Cl)cc2)[C@@H](c2ccc(OCCN3CC(CF)C3)cc2)Oc2cc(O)ccc21. The fourth-order valence-corrected chi connectivity index (χ4v) is 4.79. The molecule has 1 saturated heterocycles. The van der Waals surface area contributed by atoms with Crippen LogP contribution in [-0.4, -0.2) is 42.9 Å². The van der Waals surface area contributed by atoms with Gasteiger partial charge in [-0.2, -0.15) is 0 Å². The third kappa shape index (κ3) is 4.63. The van der Waals surface area contributed by atoms with Crippen LogP contribution >= 0.6 is 11.6 Å². The Morgan fingerprint density at radius 1 is 1.06 bits per heavy atom. The summed E-state index contributed by atoms with van der Waals surface area (Å²) in [6.45, 7) is 4.84. The number of rotatable bonds is 7. The molecule has 0 unspecified atom stereocenters. The molecule has 0 bridgehead atoms. The monoisotopic (exact) mass is 479 g/mol. The highest BCUT2D eigenvalue weighted by atomic mass is 35.5. The second-order valence-corrected chi connectivity index (χ2v) is 9.36. The molecule has 0 radical (unpaired) electrons. The maximum atomic E-state index is 12.6. The number of benzene rings is 3. The predicted octanol–water partition coefficient (Wildman–Crippen LogP) is 6.39. The van der Waals surface area contributed by atoms with Crippen LogP contribution in [0.2, 0.25) is 5.02 Å². The summed E-state index contributed by atoms with van der Waals surface area (Å²) in [7, 11) is 0. The molecule has 5 rings (SSSR count). The van der Waals surface area contributed by atoms with Crippen LogP contribution in [0.1, 0.15) is 29.7 Å². The summed E-state index contributed by atoms with van der Waals surface area (Å²) in [5.74, 6) is 1.80. The maximum absolute atomic E-state index is 12.6. The zero-order chi connectivity index (χ0) is 23.7. The summed E-state index contributed by atoms with van der Waals surface area (Å²) >= 11 is 6.14. The summed E-state index contributed by atoms with van der Waals surface area (Å²) in [5.41, 5.74) is 5.13. The minimum atomic E-state index is -0.344. The molecule has 0 aliphatic carbocycles. The van der Waals surface area contributed by atoms with Crippen LogP contribution in [0.5, 0.6) is 17.2 Å². The lowest BCUT2D eigenvalue weighted by Gasteiger charge is -2.37. The van der Waals surface area contributed by atoms with Crippen molar-refractivity contribution in [3.8, 4) is 17.2 Å². The zero-order valence-corrected chi connectivity index (χ0v) is 19.8. The first-order valence-electron chi connectivity index (χ1n) is 11.5. The Morgan fingerprint density at radius 2 is 1.79 bits per heavy atom. The molecule has 34 heavy (non-hydrogen) atoms. The van der Waals surface area contributed by atoms with E-state index in [0.717, 1.165) is 53.2 Å². The summed E-state index contributed by atoms with van der Waals surface area (Å²) in [6, 6.07) is 20.9. The van der Waals surface area contributed by atoms with Gasteiger partial charge in [0, 0.05) is 47.8 Å². The Hall–Kier alpha value is -3.02. The Kier molecular flexibility index (Phi) is 6.48. The summed E-state index contributed by atoms with van der Waals surface area (Å²) in [5, 5.41) is 10.7. The second-order valence-electron chi connectivity index (χ2n) is 8.92. The predicted molar refractivity (Wildman–Crippen MR) is 133 cm³/mol. The van der Waals surface area contributed by atoms with Crippen LogP contribution in [0, 0.1) is 5.92 Å². The number of nitrogens with zero attached hydrogens (tertiary/aromatic N) is 1. The van der Waals surface area contributed by atoms with Gasteiger partial charge in [-0.05, 0) is 60.0 Å². The molecular formula is C28H27ClFNO3. The molecule has 0 spiro atoms. The molecule has 6 heteroatoms.